The zero-order chi connectivity index (χ0) is 20.8. The lowest BCUT2D eigenvalue weighted by Gasteiger charge is -2.27. The number of nitrogens with one attached hydrogen (secondary N) is 2. The second-order valence-electron chi connectivity index (χ2n) is 6.80. The highest BCUT2D eigenvalue weighted by atomic mass is 16.5. The molecule has 0 aliphatic carbocycles. The number of hydrogen-bond acceptors (Lipinski definition) is 9. The van der Waals surface area contributed by atoms with Gasteiger partial charge in [0.15, 0.2) is 0 Å². The van der Waals surface area contributed by atoms with E-state index in [1.165, 1.54) is 11.8 Å². The molecule has 1 saturated heterocycles. The number of nitrogens with zero attached hydrogens (tertiary/aromatic N) is 5. The number of aromatic nitrogens is 3. The number of anilines is 4. The largest absolute Gasteiger partial charge is 0.507 e. The van der Waals surface area contributed by atoms with Gasteiger partial charge in [-0.3, -0.25) is 0 Å². The van der Waals surface area contributed by atoms with Crippen molar-refractivity contribution in [2.24, 2.45) is 5.10 Å². The van der Waals surface area contributed by atoms with Crippen molar-refractivity contribution in [2.75, 3.05) is 41.9 Å². The molecule has 0 saturated carbocycles. The third-order valence-electron chi connectivity index (χ3n) is 4.53. The maximum Gasteiger partial charge on any atom is 0.250 e. The van der Waals surface area contributed by atoms with Crippen LogP contribution in [-0.4, -0.2) is 52.6 Å². The molecule has 1 aromatic heterocycles. The van der Waals surface area contributed by atoms with Gasteiger partial charge in [-0.1, -0.05) is 29.8 Å². The van der Waals surface area contributed by atoms with Gasteiger partial charge in [-0.2, -0.15) is 20.1 Å². The summed E-state index contributed by atoms with van der Waals surface area (Å²) >= 11 is 0. The number of hydrogen-bond donors (Lipinski definition) is 3. The molecule has 1 aliphatic rings. The van der Waals surface area contributed by atoms with Crippen LogP contribution in [0.15, 0.2) is 53.6 Å². The summed E-state index contributed by atoms with van der Waals surface area (Å²) in [4.78, 5) is 15.5. The molecule has 3 aromatic rings. The van der Waals surface area contributed by atoms with E-state index in [1.807, 2.05) is 42.2 Å². The highest BCUT2D eigenvalue weighted by Crippen LogP contribution is 2.19. The standard InChI is InChI=1S/C21H23N7O2/c1-15-6-8-17(9-7-15)23-19-24-20(26-21(25-19)28-10-12-30-13-11-28)27-22-14-16-4-2-3-5-18(16)29/h2-9,14,29H,10-13H2,1H3,(H2,23,24,25,26,27)/b22-14+. The summed E-state index contributed by atoms with van der Waals surface area (Å²) in [6, 6.07) is 14.9. The van der Waals surface area contributed by atoms with E-state index in [0.29, 0.717) is 49.7 Å². The second kappa shape index (κ2) is 9.19. The van der Waals surface area contributed by atoms with Crippen molar-refractivity contribution < 1.29 is 9.84 Å². The summed E-state index contributed by atoms with van der Waals surface area (Å²) in [6.07, 6.45) is 1.51. The Morgan fingerprint density at radius 1 is 1.00 bits per heavy atom. The van der Waals surface area contributed by atoms with Crippen LogP contribution in [0.25, 0.3) is 0 Å². The molecule has 0 radical (unpaired) electrons. The maximum absolute atomic E-state index is 9.86. The van der Waals surface area contributed by atoms with Gasteiger partial charge in [-0.05, 0) is 31.2 Å². The van der Waals surface area contributed by atoms with Gasteiger partial charge in [-0.25, -0.2) is 5.43 Å². The van der Waals surface area contributed by atoms with Gasteiger partial charge < -0.3 is 20.1 Å². The molecule has 9 nitrogen and oxygen atoms in total. The molecule has 0 atom stereocenters. The van der Waals surface area contributed by atoms with Crippen LogP contribution in [0.1, 0.15) is 11.1 Å². The van der Waals surface area contributed by atoms with E-state index in [-0.39, 0.29) is 5.75 Å². The van der Waals surface area contributed by atoms with Gasteiger partial charge in [0.05, 0.1) is 19.4 Å². The Morgan fingerprint density at radius 2 is 1.73 bits per heavy atom. The van der Waals surface area contributed by atoms with Crippen LogP contribution in [0.4, 0.5) is 23.5 Å². The molecule has 30 heavy (non-hydrogen) atoms. The molecule has 3 N–H and O–H groups in total. The number of aryl methyl sites for hydroxylation is 1. The average molecular weight is 405 g/mol. The maximum atomic E-state index is 9.86. The Morgan fingerprint density at radius 3 is 2.50 bits per heavy atom. The number of aromatic hydroxyl groups is 1. The molecule has 2 heterocycles. The predicted octanol–water partition coefficient (Wildman–Crippen LogP) is 2.91. The molecule has 0 unspecified atom stereocenters. The molecule has 0 amide bonds. The van der Waals surface area contributed by atoms with Crippen LogP contribution in [0, 0.1) is 6.92 Å². The summed E-state index contributed by atoms with van der Waals surface area (Å²) in [5, 5.41) is 17.2. The first kappa shape index (κ1) is 19.6. The van der Waals surface area contributed by atoms with Gasteiger partial charge in [0, 0.05) is 24.3 Å². The van der Waals surface area contributed by atoms with E-state index >= 15 is 0 Å². The first-order valence-electron chi connectivity index (χ1n) is 9.67. The highest BCUT2D eigenvalue weighted by Gasteiger charge is 2.16. The van der Waals surface area contributed by atoms with Crippen LogP contribution < -0.4 is 15.6 Å². The SMILES string of the molecule is Cc1ccc(Nc2nc(N/N=C/c3ccccc3O)nc(N3CCOCC3)n2)cc1. The smallest absolute Gasteiger partial charge is 0.250 e. The minimum absolute atomic E-state index is 0.148. The zero-order valence-corrected chi connectivity index (χ0v) is 16.6. The lowest BCUT2D eigenvalue weighted by Crippen LogP contribution is -2.37. The molecular weight excluding hydrogens is 382 g/mol. The van der Waals surface area contributed by atoms with Crippen molar-refractivity contribution in [1.82, 2.24) is 15.0 Å². The van der Waals surface area contributed by atoms with Gasteiger partial charge in [0.1, 0.15) is 5.75 Å². The minimum Gasteiger partial charge on any atom is -0.507 e. The number of para-hydroxylation sites is 1. The summed E-state index contributed by atoms with van der Waals surface area (Å²) < 4.78 is 5.42. The van der Waals surface area contributed by atoms with Crippen LogP contribution in [0.2, 0.25) is 0 Å². The predicted molar refractivity (Wildman–Crippen MR) is 117 cm³/mol. The molecule has 154 valence electrons. The van der Waals surface area contributed by atoms with Crippen molar-refractivity contribution in [3.05, 3.63) is 59.7 Å². The van der Waals surface area contributed by atoms with Crippen LogP contribution in [0.3, 0.4) is 0 Å². The van der Waals surface area contributed by atoms with E-state index in [0.717, 1.165) is 5.69 Å². The molecule has 9 heteroatoms. The quantitative estimate of drug-likeness (QED) is 0.424. The monoisotopic (exact) mass is 405 g/mol. The Hall–Kier alpha value is -3.72. The van der Waals surface area contributed by atoms with E-state index < -0.39 is 0 Å². The first-order chi connectivity index (χ1) is 14.7. The number of phenolic OH excluding ortho intramolecular Hbond substituents is 1. The molecule has 0 spiro atoms. The Bertz CT molecular complexity index is 1020. The fourth-order valence-electron chi connectivity index (χ4n) is 2.90. The molecule has 0 bridgehead atoms. The Kier molecular flexibility index (Phi) is 6.00. The van der Waals surface area contributed by atoms with E-state index in [2.05, 4.69) is 30.8 Å². The van der Waals surface area contributed by atoms with Gasteiger partial charge in [0.2, 0.25) is 17.8 Å². The van der Waals surface area contributed by atoms with E-state index in [9.17, 15) is 5.11 Å². The summed E-state index contributed by atoms with van der Waals surface area (Å²) in [7, 11) is 0. The number of benzene rings is 2. The van der Waals surface area contributed by atoms with E-state index in [1.54, 1.807) is 18.2 Å². The second-order valence-corrected chi connectivity index (χ2v) is 6.80. The summed E-state index contributed by atoms with van der Waals surface area (Å²) in [5.74, 6) is 1.40. The van der Waals surface area contributed by atoms with Crippen molar-refractivity contribution >= 4 is 29.7 Å². The van der Waals surface area contributed by atoms with Crippen LogP contribution in [-0.2, 0) is 4.74 Å². The molecule has 1 aliphatic heterocycles. The Balaban J connectivity index is 1.57. The molecule has 4 rings (SSSR count). The van der Waals surface area contributed by atoms with Crippen LogP contribution in [0.5, 0.6) is 5.75 Å². The number of ether oxygens (including phenoxy) is 1. The number of phenols is 1. The van der Waals surface area contributed by atoms with Crippen molar-refractivity contribution in [3.8, 4) is 5.75 Å². The zero-order valence-electron chi connectivity index (χ0n) is 16.6. The summed E-state index contributed by atoms with van der Waals surface area (Å²) in [5.41, 5.74) is 5.47. The molecular formula is C21H23N7O2. The summed E-state index contributed by atoms with van der Waals surface area (Å²) in [6.45, 7) is 4.69. The number of rotatable bonds is 6. The average Bonchev–Trinajstić information content (AvgIpc) is 2.77. The highest BCUT2D eigenvalue weighted by molar-refractivity contribution is 5.83. The van der Waals surface area contributed by atoms with Crippen molar-refractivity contribution in [2.45, 2.75) is 6.92 Å². The van der Waals surface area contributed by atoms with Gasteiger partial charge >= 0.3 is 0 Å². The fraction of sp³-hybridized carbons (Fsp3) is 0.238. The lowest BCUT2D eigenvalue weighted by molar-refractivity contribution is 0.122. The number of morpholine rings is 1. The van der Waals surface area contributed by atoms with Crippen molar-refractivity contribution in [3.63, 3.8) is 0 Å². The lowest BCUT2D eigenvalue weighted by atomic mass is 10.2. The Labute approximate surface area is 174 Å². The topological polar surface area (TPSA) is 108 Å². The third-order valence-corrected chi connectivity index (χ3v) is 4.53. The normalized spacial score (nSPS) is 14.1. The van der Waals surface area contributed by atoms with Crippen LogP contribution >= 0.6 is 0 Å². The first-order valence-corrected chi connectivity index (χ1v) is 9.67. The molecule has 1 fully saturated rings. The third kappa shape index (κ3) is 5.00. The fourth-order valence-corrected chi connectivity index (χ4v) is 2.90. The van der Waals surface area contributed by atoms with Gasteiger partial charge in [-0.15, -0.1) is 0 Å². The van der Waals surface area contributed by atoms with Crippen molar-refractivity contribution in [1.29, 1.82) is 0 Å². The molecule has 2 aromatic carbocycles. The van der Waals surface area contributed by atoms with Gasteiger partial charge in [0.25, 0.3) is 0 Å². The number of hydrazone groups is 1. The van der Waals surface area contributed by atoms with E-state index in [4.69, 9.17) is 4.74 Å². The minimum atomic E-state index is 0.148.